The summed E-state index contributed by atoms with van der Waals surface area (Å²) >= 11 is 5.80. The van der Waals surface area contributed by atoms with Crippen LogP contribution in [0, 0.1) is 5.82 Å². The summed E-state index contributed by atoms with van der Waals surface area (Å²) in [6, 6.07) is 4.13. The van der Waals surface area contributed by atoms with Crippen molar-refractivity contribution in [1.29, 1.82) is 0 Å². The first-order valence-electron chi connectivity index (χ1n) is 9.14. The van der Waals surface area contributed by atoms with Crippen LogP contribution in [0.2, 0.25) is 5.02 Å². The van der Waals surface area contributed by atoms with Crippen molar-refractivity contribution in [2.45, 2.75) is 44.8 Å². The lowest BCUT2D eigenvalue weighted by Gasteiger charge is -2.35. The second-order valence-electron chi connectivity index (χ2n) is 7.48. The van der Waals surface area contributed by atoms with E-state index in [9.17, 15) is 18.0 Å². The van der Waals surface area contributed by atoms with E-state index in [0.717, 1.165) is 5.69 Å². The Labute approximate surface area is 165 Å². The number of hydrogen-bond acceptors (Lipinski definition) is 3. The Morgan fingerprint density at radius 3 is 2.86 bits per heavy atom. The first-order chi connectivity index (χ1) is 13.2. The van der Waals surface area contributed by atoms with Gasteiger partial charge in [0.15, 0.2) is 0 Å². The highest BCUT2D eigenvalue weighted by Crippen LogP contribution is 2.34. The number of rotatable bonds is 3. The molecule has 1 amide bonds. The zero-order valence-electron chi connectivity index (χ0n) is 15.3. The molecule has 1 fully saturated rings. The number of nitrogens with zero attached hydrogens (tertiary/aromatic N) is 4. The molecule has 0 spiro atoms. The van der Waals surface area contributed by atoms with Crippen molar-refractivity contribution in [3.05, 3.63) is 46.5 Å². The molecule has 9 heteroatoms. The molecule has 4 rings (SSSR count). The third-order valence-corrected chi connectivity index (χ3v) is 5.68. The predicted molar refractivity (Wildman–Crippen MR) is 99.1 cm³/mol. The number of fused-ring (bicyclic) bond motifs is 1. The lowest BCUT2D eigenvalue weighted by Crippen LogP contribution is -2.46. The summed E-state index contributed by atoms with van der Waals surface area (Å²) in [6.07, 6.45) is 1.52. The lowest BCUT2D eigenvalue weighted by atomic mass is 10.1. The fraction of sp³-hybridized carbons (Fsp3) is 0.474. The van der Waals surface area contributed by atoms with Crippen LogP contribution < -0.4 is 4.90 Å². The average Bonchev–Trinajstić information content (AvgIpc) is 3.19. The number of amides is 1. The fourth-order valence-electron chi connectivity index (χ4n) is 3.85. The van der Waals surface area contributed by atoms with E-state index in [1.54, 1.807) is 20.7 Å². The van der Waals surface area contributed by atoms with Crippen molar-refractivity contribution in [3.63, 3.8) is 0 Å². The van der Waals surface area contributed by atoms with Crippen molar-refractivity contribution in [1.82, 2.24) is 14.7 Å². The number of hydrogen-bond donors (Lipinski definition) is 0. The summed E-state index contributed by atoms with van der Waals surface area (Å²) in [5.74, 6) is -3.35. The van der Waals surface area contributed by atoms with Crippen LogP contribution in [-0.2, 0) is 24.3 Å². The number of anilines is 1. The number of carbonyl (C=O) groups excluding carboxylic acids is 1. The predicted octanol–water partition coefficient (Wildman–Crippen LogP) is 3.49. The van der Waals surface area contributed by atoms with Crippen LogP contribution in [0.1, 0.15) is 24.6 Å². The van der Waals surface area contributed by atoms with Crippen LogP contribution in [0.25, 0.3) is 0 Å². The molecule has 0 aliphatic carbocycles. The summed E-state index contributed by atoms with van der Waals surface area (Å²) in [7, 11) is 0. The molecular weight excluding hydrogens is 393 g/mol. The first-order valence-corrected chi connectivity index (χ1v) is 9.52. The standard InChI is InChI=1S/C19H20ClF3N4O/c1-12-9-27-17(16(8-24-27)25-5-4-19(22,23)11-25)10-26(12)18(28)7-13-2-3-15(21)14(20)6-13/h2-3,6,8,12H,4-5,7,9-11H2,1H3/t12-/m0/s1. The van der Waals surface area contributed by atoms with E-state index in [1.807, 2.05) is 6.92 Å². The van der Waals surface area contributed by atoms with Gasteiger partial charge in [0.1, 0.15) is 5.82 Å². The molecule has 150 valence electrons. The Hall–Kier alpha value is -2.22. The van der Waals surface area contributed by atoms with Gasteiger partial charge in [0.25, 0.3) is 5.92 Å². The molecule has 0 unspecified atom stereocenters. The Kier molecular flexibility index (Phi) is 4.77. The summed E-state index contributed by atoms with van der Waals surface area (Å²) in [4.78, 5) is 16.2. The van der Waals surface area contributed by atoms with Gasteiger partial charge in [0.2, 0.25) is 5.91 Å². The molecule has 28 heavy (non-hydrogen) atoms. The quantitative estimate of drug-likeness (QED) is 0.775. The van der Waals surface area contributed by atoms with Gasteiger partial charge in [0.05, 0.1) is 48.7 Å². The topological polar surface area (TPSA) is 41.4 Å². The smallest absolute Gasteiger partial charge is 0.266 e. The van der Waals surface area contributed by atoms with Crippen molar-refractivity contribution in [3.8, 4) is 0 Å². The van der Waals surface area contributed by atoms with Crippen LogP contribution >= 0.6 is 11.6 Å². The number of halogens is 4. The molecule has 1 aromatic heterocycles. The van der Waals surface area contributed by atoms with Gasteiger partial charge in [-0.05, 0) is 24.6 Å². The number of aromatic nitrogens is 2. The molecule has 2 aromatic rings. The molecule has 3 heterocycles. The molecule has 5 nitrogen and oxygen atoms in total. The highest BCUT2D eigenvalue weighted by molar-refractivity contribution is 6.30. The molecule has 2 aliphatic rings. The summed E-state index contributed by atoms with van der Waals surface area (Å²) in [6.45, 7) is 2.65. The minimum absolute atomic E-state index is 0.0210. The molecule has 1 aromatic carbocycles. The van der Waals surface area contributed by atoms with Gasteiger partial charge < -0.3 is 9.80 Å². The molecule has 1 atom stereocenters. The average molecular weight is 413 g/mol. The Bertz CT molecular complexity index is 917. The Morgan fingerprint density at radius 1 is 1.39 bits per heavy atom. The Morgan fingerprint density at radius 2 is 2.18 bits per heavy atom. The van der Waals surface area contributed by atoms with E-state index in [0.29, 0.717) is 24.3 Å². The number of carbonyl (C=O) groups is 1. The fourth-order valence-corrected chi connectivity index (χ4v) is 4.06. The SMILES string of the molecule is C[C@H]1Cn2ncc(N3CCC(F)(F)C3)c2CN1C(=O)Cc1ccc(F)c(Cl)c1. The minimum Gasteiger partial charge on any atom is -0.362 e. The molecule has 0 N–H and O–H groups in total. The van der Waals surface area contributed by atoms with E-state index in [4.69, 9.17) is 11.6 Å². The van der Waals surface area contributed by atoms with Crippen LogP contribution in [0.5, 0.6) is 0 Å². The third kappa shape index (κ3) is 3.57. The van der Waals surface area contributed by atoms with Gasteiger partial charge in [-0.3, -0.25) is 9.48 Å². The summed E-state index contributed by atoms with van der Waals surface area (Å²) in [5, 5.41) is 4.31. The monoisotopic (exact) mass is 412 g/mol. The molecule has 0 saturated carbocycles. The summed E-state index contributed by atoms with van der Waals surface area (Å²) < 4.78 is 42.4. The van der Waals surface area contributed by atoms with Crippen molar-refractivity contribution in [2.24, 2.45) is 0 Å². The maximum absolute atomic E-state index is 13.6. The van der Waals surface area contributed by atoms with Crippen LogP contribution in [0.3, 0.4) is 0 Å². The third-order valence-electron chi connectivity index (χ3n) is 5.39. The number of alkyl halides is 2. The van der Waals surface area contributed by atoms with Crippen LogP contribution in [0.4, 0.5) is 18.9 Å². The van der Waals surface area contributed by atoms with E-state index in [-0.39, 0.29) is 42.9 Å². The maximum Gasteiger partial charge on any atom is 0.266 e. The van der Waals surface area contributed by atoms with E-state index in [1.165, 1.54) is 18.2 Å². The molecule has 2 aliphatic heterocycles. The van der Waals surface area contributed by atoms with E-state index < -0.39 is 11.7 Å². The van der Waals surface area contributed by atoms with E-state index >= 15 is 0 Å². The largest absolute Gasteiger partial charge is 0.362 e. The van der Waals surface area contributed by atoms with Crippen molar-refractivity contribution in [2.75, 3.05) is 18.0 Å². The maximum atomic E-state index is 13.6. The first kappa shape index (κ1) is 19.1. The molecule has 0 radical (unpaired) electrons. The second kappa shape index (κ2) is 6.99. The van der Waals surface area contributed by atoms with Gasteiger partial charge in [0, 0.05) is 19.0 Å². The number of benzene rings is 1. The zero-order valence-corrected chi connectivity index (χ0v) is 16.1. The summed E-state index contributed by atoms with van der Waals surface area (Å²) in [5.41, 5.74) is 2.05. The highest BCUT2D eigenvalue weighted by atomic mass is 35.5. The molecule has 0 bridgehead atoms. The highest BCUT2D eigenvalue weighted by Gasteiger charge is 2.40. The molecule has 1 saturated heterocycles. The van der Waals surface area contributed by atoms with Gasteiger partial charge in [-0.2, -0.15) is 5.10 Å². The molecular formula is C19H20ClF3N4O. The lowest BCUT2D eigenvalue weighted by molar-refractivity contribution is -0.134. The van der Waals surface area contributed by atoms with Crippen molar-refractivity contribution < 1.29 is 18.0 Å². The zero-order chi connectivity index (χ0) is 20.1. The van der Waals surface area contributed by atoms with Gasteiger partial charge in [-0.1, -0.05) is 17.7 Å². The van der Waals surface area contributed by atoms with Crippen molar-refractivity contribution >= 4 is 23.2 Å². The van der Waals surface area contributed by atoms with Gasteiger partial charge >= 0.3 is 0 Å². The van der Waals surface area contributed by atoms with Crippen LogP contribution in [0.15, 0.2) is 24.4 Å². The second-order valence-corrected chi connectivity index (χ2v) is 7.89. The van der Waals surface area contributed by atoms with E-state index in [2.05, 4.69) is 5.10 Å². The van der Waals surface area contributed by atoms with Gasteiger partial charge in [-0.15, -0.1) is 0 Å². The normalized spacial score (nSPS) is 21.1. The van der Waals surface area contributed by atoms with Gasteiger partial charge in [-0.25, -0.2) is 13.2 Å². The Balaban J connectivity index is 1.53. The minimum atomic E-state index is -2.70. The van der Waals surface area contributed by atoms with Crippen LogP contribution in [-0.4, -0.2) is 45.6 Å².